The van der Waals surface area contributed by atoms with E-state index in [0.29, 0.717) is 13.1 Å². The molecule has 0 spiro atoms. The largest absolute Gasteiger partial charge is 0.246 e. The number of nitrogens with zero attached hydrogens (tertiary/aromatic N) is 3. The van der Waals surface area contributed by atoms with Gasteiger partial charge in [0.2, 0.25) is 0 Å². The first-order valence-corrected chi connectivity index (χ1v) is 7.70. The third-order valence-corrected chi connectivity index (χ3v) is 4.57. The molecule has 5 heteroatoms. The monoisotopic (exact) mass is 279 g/mol. The average Bonchev–Trinajstić information content (AvgIpc) is 2.99. The summed E-state index contributed by atoms with van der Waals surface area (Å²) in [6.45, 7) is 4.47. The SMILES string of the molecule is O[N+]1(Cc2cccc(C[N+]3(O)CCCC3)n2)CCCC1. The van der Waals surface area contributed by atoms with Crippen LogP contribution in [0.5, 0.6) is 0 Å². The van der Waals surface area contributed by atoms with E-state index in [0.717, 1.165) is 63.3 Å². The lowest BCUT2D eigenvalue weighted by Gasteiger charge is -2.25. The maximum atomic E-state index is 10.4. The van der Waals surface area contributed by atoms with Crippen LogP contribution in [-0.2, 0) is 13.1 Å². The van der Waals surface area contributed by atoms with Crippen LogP contribution in [0.3, 0.4) is 0 Å². The van der Waals surface area contributed by atoms with Crippen LogP contribution in [0.4, 0.5) is 0 Å². The molecule has 5 nitrogen and oxygen atoms in total. The molecule has 0 atom stereocenters. The van der Waals surface area contributed by atoms with Crippen molar-refractivity contribution in [3.05, 3.63) is 29.6 Å². The Balaban J connectivity index is 1.69. The molecule has 0 bridgehead atoms. The van der Waals surface area contributed by atoms with E-state index in [-0.39, 0.29) is 9.29 Å². The molecule has 1 aromatic rings. The molecule has 0 amide bonds. The van der Waals surface area contributed by atoms with Gasteiger partial charge in [-0.2, -0.15) is 9.29 Å². The minimum Gasteiger partial charge on any atom is -0.246 e. The predicted octanol–water partition coefficient (Wildman–Crippen LogP) is 2.08. The standard InChI is InChI=1S/C15H25N3O2/c19-17(8-1-2-9-17)12-14-6-5-7-15(16-14)13-18(20)10-3-4-11-18/h5-7,19-20H,1-4,8-13H2/q+2. The molecule has 0 aliphatic carbocycles. The zero-order valence-corrected chi connectivity index (χ0v) is 12.0. The molecule has 2 aliphatic rings. The van der Waals surface area contributed by atoms with Gasteiger partial charge in [-0.1, -0.05) is 6.07 Å². The molecule has 2 aliphatic heterocycles. The molecular weight excluding hydrogens is 254 g/mol. The van der Waals surface area contributed by atoms with Crippen LogP contribution in [0.1, 0.15) is 37.1 Å². The van der Waals surface area contributed by atoms with Crippen molar-refractivity contribution < 1.29 is 19.7 Å². The van der Waals surface area contributed by atoms with Gasteiger partial charge in [0.05, 0.1) is 11.4 Å². The highest BCUT2D eigenvalue weighted by atomic mass is 16.5. The van der Waals surface area contributed by atoms with Gasteiger partial charge in [0.1, 0.15) is 26.2 Å². The van der Waals surface area contributed by atoms with Crippen molar-refractivity contribution in [1.82, 2.24) is 4.98 Å². The van der Waals surface area contributed by atoms with E-state index in [1.807, 2.05) is 18.2 Å². The van der Waals surface area contributed by atoms with Crippen molar-refractivity contribution in [2.24, 2.45) is 0 Å². The van der Waals surface area contributed by atoms with E-state index in [4.69, 9.17) is 0 Å². The van der Waals surface area contributed by atoms with Crippen LogP contribution in [0.25, 0.3) is 0 Å². The lowest BCUT2D eigenvalue weighted by atomic mass is 10.2. The second-order valence-electron chi connectivity index (χ2n) is 6.44. The number of pyridine rings is 1. The van der Waals surface area contributed by atoms with Gasteiger partial charge in [-0.3, -0.25) is 0 Å². The van der Waals surface area contributed by atoms with Crippen LogP contribution in [0, 0.1) is 0 Å². The average molecular weight is 279 g/mol. The van der Waals surface area contributed by atoms with Gasteiger partial charge < -0.3 is 0 Å². The van der Waals surface area contributed by atoms with Gasteiger partial charge in [0.15, 0.2) is 13.1 Å². The Morgan fingerprint density at radius 2 is 1.20 bits per heavy atom. The highest BCUT2D eigenvalue weighted by molar-refractivity contribution is 5.10. The molecule has 0 unspecified atom stereocenters. The van der Waals surface area contributed by atoms with Crippen LogP contribution >= 0.6 is 0 Å². The lowest BCUT2D eigenvalue weighted by Crippen LogP contribution is -2.42. The molecule has 110 valence electrons. The Morgan fingerprint density at radius 3 is 1.60 bits per heavy atom. The molecule has 0 aromatic carbocycles. The van der Waals surface area contributed by atoms with Crippen molar-refractivity contribution in [3.63, 3.8) is 0 Å². The Bertz CT molecular complexity index is 427. The van der Waals surface area contributed by atoms with Gasteiger partial charge in [-0.15, -0.1) is 0 Å². The molecule has 2 saturated heterocycles. The van der Waals surface area contributed by atoms with Crippen LogP contribution in [0.15, 0.2) is 18.2 Å². The Morgan fingerprint density at radius 1 is 0.800 bits per heavy atom. The summed E-state index contributed by atoms with van der Waals surface area (Å²) >= 11 is 0. The predicted molar refractivity (Wildman–Crippen MR) is 73.7 cm³/mol. The normalized spacial score (nSPS) is 24.1. The zero-order chi connectivity index (χ0) is 14.1. The fraction of sp³-hybridized carbons (Fsp3) is 0.667. The van der Waals surface area contributed by atoms with Crippen LogP contribution < -0.4 is 0 Å². The molecule has 3 heterocycles. The Hall–Kier alpha value is -1.01. The van der Waals surface area contributed by atoms with Crippen molar-refractivity contribution >= 4 is 0 Å². The first-order chi connectivity index (χ1) is 9.57. The highest BCUT2D eigenvalue weighted by Crippen LogP contribution is 2.22. The van der Waals surface area contributed by atoms with Crippen molar-refractivity contribution in [3.8, 4) is 0 Å². The number of rotatable bonds is 4. The maximum absolute atomic E-state index is 10.4. The molecule has 0 radical (unpaired) electrons. The van der Waals surface area contributed by atoms with E-state index >= 15 is 0 Å². The molecule has 3 rings (SSSR count). The van der Waals surface area contributed by atoms with E-state index in [2.05, 4.69) is 4.98 Å². The minimum atomic E-state index is 0.121. The zero-order valence-electron chi connectivity index (χ0n) is 12.0. The summed E-state index contributed by atoms with van der Waals surface area (Å²) in [4.78, 5) is 4.64. The number of likely N-dealkylation sites (tertiary alicyclic amines) is 2. The second-order valence-corrected chi connectivity index (χ2v) is 6.44. The molecule has 20 heavy (non-hydrogen) atoms. The van der Waals surface area contributed by atoms with Crippen molar-refractivity contribution in [2.75, 3.05) is 26.2 Å². The van der Waals surface area contributed by atoms with Crippen LogP contribution in [0.2, 0.25) is 0 Å². The highest BCUT2D eigenvalue weighted by Gasteiger charge is 2.33. The summed E-state index contributed by atoms with van der Waals surface area (Å²) in [6, 6.07) is 5.94. The quantitative estimate of drug-likeness (QED) is 0.830. The number of aromatic nitrogens is 1. The molecular formula is C15H25N3O2+2. The Labute approximate surface area is 120 Å². The number of quaternary nitrogens is 2. The summed E-state index contributed by atoms with van der Waals surface area (Å²) in [5.41, 5.74) is 1.86. The van der Waals surface area contributed by atoms with Gasteiger partial charge in [0, 0.05) is 25.7 Å². The number of hydrogen-bond acceptors (Lipinski definition) is 3. The summed E-state index contributed by atoms with van der Waals surface area (Å²) in [7, 11) is 0. The number of hydroxylamine groups is 6. The smallest absolute Gasteiger partial charge is 0.151 e. The molecule has 0 saturated carbocycles. The van der Waals surface area contributed by atoms with Gasteiger partial charge in [0.25, 0.3) is 0 Å². The van der Waals surface area contributed by atoms with E-state index in [1.54, 1.807) is 0 Å². The summed E-state index contributed by atoms with van der Waals surface area (Å²) in [6.07, 6.45) is 4.36. The molecule has 1 aromatic heterocycles. The maximum Gasteiger partial charge on any atom is 0.151 e. The van der Waals surface area contributed by atoms with Gasteiger partial charge >= 0.3 is 0 Å². The third-order valence-electron chi connectivity index (χ3n) is 4.57. The number of hydrogen-bond donors (Lipinski definition) is 2. The second kappa shape index (κ2) is 5.41. The summed E-state index contributed by atoms with van der Waals surface area (Å²) in [5, 5.41) is 20.8. The molecule has 2 fully saturated rings. The first kappa shape index (κ1) is 13.9. The van der Waals surface area contributed by atoms with Crippen molar-refractivity contribution in [2.45, 2.75) is 38.8 Å². The van der Waals surface area contributed by atoms with E-state index in [9.17, 15) is 10.4 Å². The molecule has 2 N–H and O–H groups in total. The fourth-order valence-electron chi connectivity index (χ4n) is 3.47. The summed E-state index contributed by atoms with van der Waals surface area (Å²) in [5.74, 6) is 0. The lowest BCUT2D eigenvalue weighted by molar-refractivity contribution is -1.10. The topological polar surface area (TPSA) is 53.4 Å². The van der Waals surface area contributed by atoms with Crippen LogP contribution in [-0.4, -0.2) is 50.9 Å². The van der Waals surface area contributed by atoms with Crippen molar-refractivity contribution in [1.29, 1.82) is 0 Å². The Kier molecular flexibility index (Phi) is 3.77. The van der Waals surface area contributed by atoms with E-state index in [1.165, 1.54) is 0 Å². The minimum absolute atomic E-state index is 0.121. The van der Waals surface area contributed by atoms with E-state index < -0.39 is 0 Å². The van der Waals surface area contributed by atoms with Gasteiger partial charge in [-0.05, 0) is 12.1 Å². The van der Waals surface area contributed by atoms with Gasteiger partial charge in [-0.25, -0.2) is 15.4 Å². The third kappa shape index (κ3) is 3.17. The fourth-order valence-corrected chi connectivity index (χ4v) is 3.47. The first-order valence-electron chi connectivity index (χ1n) is 7.70. The summed E-state index contributed by atoms with van der Waals surface area (Å²) < 4.78 is 0.241.